The largest absolute Gasteiger partial charge is 0.490 e. The van der Waals surface area contributed by atoms with Gasteiger partial charge >= 0.3 is 0 Å². The highest BCUT2D eigenvalue weighted by Gasteiger charge is 2.53. The molecule has 234 valence electrons. The summed E-state index contributed by atoms with van der Waals surface area (Å²) in [5.41, 5.74) is 0.474. The molecule has 2 saturated carbocycles. The van der Waals surface area contributed by atoms with Gasteiger partial charge in [0.15, 0.2) is 6.61 Å². The molecule has 2 aliphatic rings. The van der Waals surface area contributed by atoms with Gasteiger partial charge in [0.05, 0.1) is 18.3 Å². The third-order valence-electron chi connectivity index (χ3n) is 8.54. The van der Waals surface area contributed by atoms with Crippen molar-refractivity contribution in [1.29, 1.82) is 0 Å². The summed E-state index contributed by atoms with van der Waals surface area (Å²) in [4.78, 5) is 40.6. The number of hydrogen-bond acceptors (Lipinski definition) is 7. The van der Waals surface area contributed by atoms with E-state index in [-0.39, 0.29) is 52.9 Å². The predicted molar refractivity (Wildman–Crippen MR) is 164 cm³/mol. The average Bonchev–Trinajstić information content (AvgIpc) is 2.94. The standard InChI is InChI=1S/C34H47N3O6/c1-32(2,3)27(19-38)36-28(39)20-41-26-16-17-29(35-18-26)43-25-14-12-24(13-15-25)42-23-10-8-22(9-11-23)30(40)37-31-33(4,5)21-34(31,6)7/h8-11,16-19,24-25,27,31H,12-15,20-21H2,1-7H3,(H,36,39)(H,37,40). The Hall–Kier alpha value is -3.62. The van der Waals surface area contributed by atoms with E-state index in [1.165, 1.54) is 6.20 Å². The first-order valence-corrected chi connectivity index (χ1v) is 15.2. The highest BCUT2D eigenvalue weighted by atomic mass is 16.5. The van der Waals surface area contributed by atoms with E-state index in [4.69, 9.17) is 14.2 Å². The molecule has 0 spiro atoms. The molecule has 1 heterocycles. The monoisotopic (exact) mass is 593 g/mol. The van der Waals surface area contributed by atoms with Crippen LogP contribution in [0, 0.1) is 16.2 Å². The van der Waals surface area contributed by atoms with Crippen LogP contribution in [-0.4, -0.2) is 54.0 Å². The number of pyridine rings is 1. The Morgan fingerprint density at radius 2 is 1.51 bits per heavy atom. The van der Waals surface area contributed by atoms with E-state index in [9.17, 15) is 14.4 Å². The van der Waals surface area contributed by atoms with Crippen LogP contribution < -0.4 is 24.8 Å². The quantitative estimate of drug-likeness (QED) is 0.330. The molecule has 0 aliphatic heterocycles. The summed E-state index contributed by atoms with van der Waals surface area (Å²) in [6, 6.07) is 10.4. The van der Waals surface area contributed by atoms with Gasteiger partial charge in [-0.3, -0.25) is 9.59 Å². The maximum atomic E-state index is 12.9. The minimum Gasteiger partial charge on any atom is -0.490 e. The lowest BCUT2D eigenvalue weighted by Crippen LogP contribution is -2.63. The second kappa shape index (κ2) is 12.9. The van der Waals surface area contributed by atoms with Crippen molar-refractivity contribution in [2.24, 2.45) is 16.2 Å². The van der Waals surface area contributed by atoms with Gasteiger partial charge in [-0.05, 0) is 78.7 Å². The van der Waals surface area contributed by atoms with Gasteiger partial charge in [-0.25, -0.2) is 4.98 Å². The summed E-state index contributed by atoms with van der Waals surface area (Å²) < 4.78 is 17.8. The molecule has 2 fully saturated rings. The van der Waals surface area contributed by atoms with Gasteiger partial charge in [-0.2, -0.15) is 0 Å². The molecule has 43 heavy (non-hydrogen) atoms. The van der Waals surface area contributed by atoms with Crippen molar-refractivity contribution in [2.45, 2.75) is 105 Å². The number of rotatable bonds is 11. The van der Waals surface area contributed by atoms with Gasteiger partial charge in [-0.1, -0.05) is 48.5 Å². The molecule has 0 bridgehead atoms. The first-order valence-electron chi connectivity index (χ1n) is 15.2. The van der Waals surface area contributed by atoms with Crippen molar-refractivity contribution in [1.82, 2.24) is 15.6 Å². The normalized spacial score (nSPS) is 21.9. The van der Waals surface area contributed by atoms with Crippen LogP contribution in [0.15, 0.2) is 42.6 Å². The Morgan fingerprint density at radius 3 is 2.02 bits per heavy atom. The van der Waals surface area contributed by atoms with Crippen molar-refractivity contribution < 1.29 is 28.6 Å². The lowest BCUT2D eigenvalue weighted by Gasteiger charge is -2.57. The van der Waals surface area contributed by atoms with Gasteiger partial charge in [-0.15, -0.1) is 0 Å². The molecule has 2 N–H and O–H groups in total. The summed E-state index contributed by atoms with van der Waals surface area (Å²) >= 11 is 0. The molecule has 1 aromatic heterocycles. The Morgan fingerprint density at radius 1 is 0.930 bits per heavy atom. The summed E-state index contributed by atoms with van der Waals surface area (Å²) in [7, 11) is 0. The van der Waals surface area contributed by atoms with Crippen LogP contribution in [0.25, 0.3) is 0 Å². The number of ether oxygens (including phenoxy) is 3. The van der Waals surface area contributed by atoms with Crippen LogP contribution in [0.2, 0.25) is 0 Å². The first kappa shape index (κ1) is 32.3. The third kappa shape index (κ3) is 8.48. The molecular weight excluding hydrogens is 546 g/mol. The lowest BCUT2D eigenvalue weighted by atomic mass is 9.52. The van der Waals surface area contributed by atoms with Crippen molar-refractivity contribution >= 4 is 18.1 Å². The zero-order valence-electron chi connectivity index (χ0n) is 26.6. The summed E-state index contributed by atoms with van der Waals surface area (Å²) in [6.07, 6.45) is 6.85. The number of hydrogen-bond donors (Lipinski definition) is 2. The second-order valence-corrected chi connectivity index (χ2v) is 14.4. The maximum Gasteiger partial charge on any atom is 0.258 e. The minimum atomic E-state index is -0.589. The number of nitrogens with one attached hydrogen (secondary N) is 2. The zero-order chi connectivity index (χ0) is 31.4. The van der Waals surface area contributed by atoms with E-state index < -0.39 is 6.04 Å². The molecule has 1 atom stereocenters. The molecule has 0 radical (unpaired) electrons. The number of carbonyl (C=O) groups excluding carboxylic acids is 3. The Kier molecular flexibility index (Phi) is 9.72. The molecule has 1 unspecified atom stereocenters. The Bertz CT molecular complexity index is 1240. The van der Waals surface area contributed by atoms with Crippen LogP contribution in [0.4, 0.5) is 0 Å². The molecule has 9 nitrogen and oxygen atoms in total. The topological polar surface area (TPSA) is 116 Å². The van der Waals surface area contributed by atoms with E-state index in [0.717, 1.165) is 44.1 Å². The summed E-state index contributed by atoms with van der Waals surface area (Å²) in [5, 5.41) is 5.91. The van der Waals surface area contributed by atoms with E-state index in [1.54, 1.807) is 12.1 Å². The number of amides is 2. The van der Waals surface area contributed by atoms with Gasteiger partial charge in [0, 0.05) is 17.7 Å². The summed E-state index contributed by atoms with van der Waals surface area (Å²) in [6.45, 7) is 14.2. The molecule has 2 aliphatic carbocycles. The molecule has 4 rings (SSSR count). The first-order chi connectivity index (χ1) is 20.2. The third-order valence-corrected chi connectivity index (χ3v) is 8.54. The van der Waals surface area contributed by atoms with Gasteiger partial charge < -0.3 is 29.6 Å². The molecule has 2 amide bonds. The molecular formula is C34H47N3O6. The van der Waals surface area contributed by atoms with Crippen molar-refractivity contribution in [2.75, 3.05) is 6.61 Å². The van der Waals surface area contributed by atoms with Gasteiger partial charge in [0.25, 0.3) is 11.8 Å². The average molecular weight is 594 g/mol. The smallest absolute Gasteiger partial charge is 0.258 e. The number of aromatic nitrogens is 1. The molecule has 9 heteroatoms. The van der Waals surface area contributed by atoms with Crippen LogP contribution in [0.5, 0.6) is 17.4 Å². The van der Waals surface area contributed by atoms with Crippen LogP contribution in [0.3, 0.4) is 0 Å². The molecule has 2 aromatic rings. The Balaban J connectivity index is 1.17. The Labute approximate surface area is 255 Å². The second-order valence-electron chi connectivity index (χ2n) is 14.4. The van der Waals surface area contributed by atoms with Gasteiger partial charge in [0.1, 0.15) is 23.9 Å². The number of benzene rings is 1. The highest BCUT2D eigenvalue weighted by Crippen LogP contribution is 2.53. The van der Waals surface area contributed by atoms with Gasteiger partial charge in [0.2, 0.25) is 5.88 Å². The highest BCUT2D eigenvalue weighted by molar-refractivity contribution is 5.94. The SMILES string of the molecule is CC(C)(C)C(C=O)NC(=O)COc1ccc(OC2CCC(Oc3ccc(C(=O)NC4C(C)(C)CC4(C)C)cc3)CC2)nc1. The molecule has 0 saturated heterocycles. The van der Waals surface area contributed by atoms with Crippen molar-refractivity contribution in [3.63, 3.8) is 0 Å². The van der Waals surface area contributed by atoms with Crippen LogP contribution in [-0.2, 0) is 9.59 Å². The van der Waals surface area contributed by atoms with E-state index in [1.807, 2.05) is 45.0 Å². The van der Waals surface area contributed by atoms with E-state index >= 15 is 0 Å². The predicted octanol–water partition coefficient (Wildman–Crippen LogP) is 5.51. The fourth-order valence-corrected chi connectivity index (χ4v) is 6.57. The minimum absolute atomic E-state index is 0.0358. The maximum absolute atomic E-state index is 12.9. The zero-order valence-corrected chi connectivity index (χ0v) is 26.6. The fraction of sp³-hybridized carbons (Fsp3) is 0.588. The van der Waals surface area contributed by atoms with Crippen LogP contribution in [0.1, 0.15) is 90.9 Å². The fourth-order valence-electron chi connectivity index (χ4n) is 6.57. The number of carbonyl (C=O) groups is 3. The number of nitrogens with zero attached hydrogens (tertiary/aromatic N) is 1. The van der Waals surface area contributed by atoms with Crippen molar-refractivity contribution in [3.8, 4) is 17.4 Å². The summed E-state index contributed by atoms with van der Waals surface area (Å²) in [5.74, 6) is 1.29. The van der Waals surface area contributed by atoms with E-state index in [2.05, 4.69) is 43.3 Å². The van der Waals surface area contributed by atoms with Crippen molar-refractivity contribution in [3.05, 3.63) is 48.2 Å². The lowest BCUT2D eigenvalue weighted by molar-refractivity contribution is -0.127. The van der Waals surface area contributed by atoms with Crippen LogP contribution >= 0.6 is 0 Å². The van der Waals surface area contributed by atoms with E-state index in [0.29, 0.717) is 17.2 Å². The molecule has 1 aromatic carbocycles. The number of aldehydes is 1.